The van der Waals surface area contributed by atoms with Crippen LogP contribution < -0.4 is 4.42 Å². The smallest absolute Gasteiger partial charge is 0.151 e. The Morgan fingerprint density at radius 1 is 1.50 bits per heavy atom. The quantitative estimate of drug-likeness (QED) is 0.547. The second-order valence-corrected chi connectivity index (χ2v) is 3.60. The molecule has 1 heterocycles. The summed E-state index contributed by atoms with van der Waals surface area (Å²) in [6.45, 7) is 0.483. The standard InChI is InChI=1S/C9H6Cl2N2O/c10-8-6(5-14)1-2-7-9(8)13(11)4-3-12-7/h1-3,5H,4H2. The fraction of sp³-hybridized carbons (Fsp3) is 0.111. The van der Waals surface area contributed by atoms with E-state index in [1.165, 1.54) is 4.42 Å². The number of fused-ring (bicyclic) bond motifs is 1. The molecule has 0 aliphatic carbocycles. The van der Waals surface area contributed by atoms with Crippen molar-refractivity contribution in [2.45, 2.75) is 0 Å². The van der Waals surface area contributed by atoms with Gasteiger partial charge in [0.25, 0.3) is 0 Å². The second-order valence-electron chi connectivity index (χ2n) is 2.81. The molecule has 0 amide bonds. The van der Waals surface area contributed by atoms with Gasteiger partial charge in [0.2, 0.25) is 0 Å². The average Bonchev–Trinajstić information content (AvgIpc) is 2.18. The number of nitrogens with zero attached hydrogens (tertiary/aromatic N) is 2. The van der Waals surface area contributed by atoms with Crippen molar-refractivity contribution in [2.75, 3.05) is 11.0 Å². The molecule has 72 valence electrons. The highest BCUT2D eigenvalue weighted by Gasteiger charge is 2.18. The Morgan fingerprint density at radius 2 is 2.29 bits per heavy atom. The largest absolute Gasteiger partial charge is 0.298 e. The summed E-state index contributed by atoms with van der Waals surface area (Å²) in [4.78, 5) is 14.8. The number of hydrogen-bond acceptors (Lipinski definition) is 3. The van der Waals surface area contributed by atoms with E-state index in [1.807, 2.05) is 0 Å². The third kappa shape index (κ3) is 1.38. The van der Waals surface area contributed by atoms with Crippen molar-refractivity contribution in [1.29, 1.82) is 0 Å². The van der Waals surface area contributed by atoms with E-state index in [-0.39, 0.29) is 0 Å². The molecule has 1 aromatic rings. The van der Waals surface area contributed by atoms with Gasteiger partial charge in [0.05, 0.1) is 22.9 Å². The van der Waals surface area contributed by atoms with E-state index in [0.717, 1.165) is 0 Å². The summed E-state index contributed by atoms with van der Waals surface area (Å²) in [6.07, 6.45) is 2.39. The summed E-state index contributed by atoms with van der Waals surface area (Å²) in [5, 5.41) is 0.351. The first-order chi connectivity index (χ1) is 6.74. The summed E-state index contributed by atoms with van der Waals surface area (Å²) in [5.74, 6) is 0. The first kappa shape index (κ1) is 9.49. The molecule has 1 aliphatic rings. The number of halogens is 2. The SMILES string of the molecule is O=Cc1ccc2c(c1Cl)N(Cl)CC=N2. The highest BCUT2D eigenvalue weighted by atomic mass is 35.5. The van der Waals surface area contributed by atoms with Crippen LogP contribution in [0.15, 0.2) is 17.1 Å². The van der Waals surface area contributed by atoms with Gasteiger partial charge in [-0.15, -0.1) is 0 Å². The molecule has 0 unspecified atom stereocenters. The van der Waals surface area contributed by atoms with E-state index in [9.17, 15) is 4.79 Å². The molecule has 0 atom stereocenters. The van der Waals surface area contributed by atoms with Crippen LogP contribution in [-0.4, -0.2) is 19.0 Å². The number of anilines is 1. The van der Waals surface area contributed by atoms with Crippen LogP contribution >= 0.6 is 23.4 Å². The summed E-state index contributed by atoms with van der Waals surface area (Å²) in [7, 11) is 0. The summed E-state index contributed by atoms with van der Waals surface area (Å²) in [6, 6.07) is 3.34. The molecule has 0 saturated heterocycles. The van der Waals surface area contributed by atoms with Gasteiger partial charge >= 0.3 is 0 Å². The fourth-order valence-electron chi connectivity index (χ4n) is 1.30. The molecule has 14 heavy (non-hydrogen) atoms. The average molecular weight is 229 g/mol. The zero-order valence-electron chi connectivity index (χ0n) is 7.08. The lowest BCUT2D eigenvalue weighted by Gasteiger charge is -2.21. The first-order valence-electron chi connectivity index (χ1n) is 3.97. The molecule has 1 aromatic carbocycles. The number of aldehydes is 1. The van der Waals surface area contributed by atoms with Crippen molar-refractivity contribution in [1.82, 2.24) is 0 Å². The van der Waals surface area contributed by atoms with Crippen molar-refractivity contribution in [3.8, 4) is 0 Å². The molecule has 5 heteroatoms. The van der Waals surface area contributed by atoms with Crippen LogP contribution in [-0.2, 0) is 0 Å². The molecule has 0 N–H and O–H groups in total. The number of carbonyl (C=O) groups is 1. The zero-order chi connectivity index (χ0) is 10.1. The van der Waals surface area contributed by atoms with Gasteiger partial charge in [-0.3, -0.25) is 14.2 Å². The van der Waals surface area contributed by atoms with Crippen LogP contribution in [0.1, 0.15) is 10.4 Å². The minimum atomic E-state index is 0.351. The van der Waals surface area contributed by atoms with E-state index in [4.69, 9.17) is 23.4 Å². The molecule has 0 fully saturated rings. The first-order valence-corrected chi connectivity index (χ1v) is 4.69. The normalized spacial score (nSPS) is 14.0. The van der Waals surface area contributed by atoms with Crippen LogP contribution in [0, 0.1) is 0 Å². The number of aliphatic imine (C=N–C) groups is 1. The Bertz CT molecular complexity index is 418. The highest BCUT2D eigenvalue weighted by molar-refractivity contribution is 6.39. The molecule has 2 rings (SSSR count). The topological polar surface area (TPSA) is 32.7 Å². The molecule has 0 saturated carbocycles. The van der Waals surface area contributed by atoms with Gasteiger partial charge in [-0.05, 0) is 12.1 Å². The van der Waals surface area contributed by atoms with E-state index in [1.54, 1.807) is 18.3 Å². The Morgan fingerprint density at radius 3 is 3.00 bits per heavy atom. The van der Waals surface area contributed by atoms with E-state index < -0.39 is 0 Å². The molecule has 0 bridgehead atoms. The maximum Gasteiger partial charge on any atom is 0.151 e. The molecular weight excluding hydrogens is 223 g/mol. The van der Waals surface area contributed by atoms with Crippen LogP contribution in [0.3, 0.4) is 0 Å². The summed E-state index contributed by atoms with van der Waals surface area (Å²) >= 11 is 11.9. The number of carbonyl (C=O) groups excluding carboxylic acids is 1. The van der Waals surface area contributed by atoms with Gasteiger partial charge < -0.3 is 0 Å². The lowest BCUT2D eigenvalue weighted by Crippen LogP contribution is -2.16. The summed E-state index contributed by atoms with van der Waals surface area (Å²) < 4.78 is 1.44. The van der Waals surface area contributed by atoms with Crippen LogP contribution in [0.2, 0.25) is 5.02 Å². The zero-order valence-corrected chi connectivity index (χ0v) is 8.59. The van der Waals surface area contributed by atoms with Crippen molar-refractivity contribution < 1.29 is 4.79 Å². The predicted octanol–water partition coefficient (Wildman–Crippen LogP) is 2.83. The van der Waals surface area contributed by atoms with E-state index in [0.29, 0.717) is 34.8 Å². The van der Waals surface area contributed by atoms with Gasteiger partial charge in [-0.1, -0.05) is 11.6 Å². The third-order valence-corrected chi connectivity index (χ3v) is 2.67. The van der Waals surface area contributed by atoms with Crippen LogP contribution in [0.25, 0.3) is 0 Å². The maximum atomic E-state index is 10.6. The van der Waals surface area contributed by atoms with E-state index >= 15 is 0 Å². The van der Waals surface area contributed by atoms with Gasteiger partial charge in [0.15, 0.2) is 6.29 Å². The van der Waals surface area contributed by atoms with Gasteiger partial charge in [-0.25, -0.2) is 0 Å². The van der Waals surface area contributed by atoms with Gasteiger partial charge in [0, 0.05) is 23.6 Å². The minimum Gasteiger partial charge on any atom is -0.298 e. The van der Waals surface area contributed by atoms with Gasteiger partial charge in [0.1, 0.15) is 0 Å². The molecule has 0 aromatic heterocycles. The molecule has 1 aliphatic heterocycles. The van der Waals surface area contributed by atoms with E-state index in [2.05, 4.69) is 4.99 Å². The molecular formula is C9H6Cl2N2O. The number of hydrogen-bond donors (Lipinski definition) is 0. The van der Waals surface area contributed by atoms with Gasteiger partial charge in [-0.2, -0.15) is 0 Å². The van der Waals surface area contributed by atoms with Crippen LogP contribution in [0.5, 0.6) is 0 Å². The predicted molar refractivity (Wildman–Crippen MR) is 58.2 cm³/mol. The Balaban J connectivity index is 2.66. The Hall–Kier alpha value is -1.06. The molecule has 0 spiro atoms. The number of benzene rings is 1. The third-order valence-electron chi connectivity index (χ3n) is 1.97. The van der Waals surface area contributed by atoms with Crippen LogP contribution in [0.4, 0.5) is 11.4 Å². The fourth-order valence-corrected chi connectivity index (χ4v) is 1.88. The molecule has 0 radical (unpaired) electrons. The Labute approximate surface area is 91.1 Å². The minimum absolute atomic E-state index is 0.351. The number of rotatable bonds is 1. The van der Waals surface area contributed by atoms with Crippen molar-refractivity contribution >= 4 is 47.3 Å². The lowest BCUT2D eigenvalue weighted by atomic mass is 10.1. The lowest BCUT2D eigenvalue weighted by molar-refractivity contribution is 0.112. The Kier molecular flexibility index (Phi) is 2.44. The summed E-state index contributed by atoms with van der Waals surface area (Å²) in [5.41, 5.74) is 1.70. The van der Waals surface area contributed by atoms with Crippen molar-refractivity contribution in [3.63, 3.8) is 0 Å². The second kappa shape index (κ2) is 3.59. The maximum absolute atomic E-state index is 10.6. The van der Waals surface area contributed by atoms with Crippen molar-refractivity contribution in [2.24, 2.45) is 4.99 Å². The van der Waals surface area contributed by atoms with Crippen molar-refractivity contribution in [3.05, 3.63) is 22.7 Å². The molecule has 3 nitrogen and oxygen atoms in total. The highest BCUT2D eigenvalue weighted by Crippen LogP contribution is 2.40. The monoisotopic (exact) mass is 228 g/mol.